The maximum Gasteiger partial charge on any atom is 0.304 e. The largest absolute Gasteiger partial charge is 0.481 e. The Morgan fingerprint density at radius 3 is 2.80 bits per heavy atom. The van der Waals surface area contributed by atoms with Crippen LogP contribution in [-0.4, -0.2) is 42.4 Å². The lowest BCUT2D eigenvalue weighted by Gasteiger charge is -2.17. The lowest BCUT2D eigenvalue weighted by Crippen LogP contribution is -2.29. The number of nitrogens with zero attached hydrogens (tertiary/aromatic N) is 2. The van der Waals surface area contributed by atoms with E-state index in [1.165, 1.54) is 19.3 Å². The Morgan fingerprint density at radius 1 is 1.35 bits per heavy atom. The topological polar surface area (TPSA) is 87.6 Å². The lowest BCUT2D eigenvalue weighted by molar-refractivity contribution is -0.137. The van der Waals surface area contributed by atoms with E-state index < -0.39 is 16.0 Å². The third kappa shape index (κ3) is 2.78. The molecule has 0 unspecified atom stereocenters. The number of carboxylic acid groups (broad SMARTS) is 1. The highest BCUT2D eigenvalue weighted by Crippen LogP contribution is 2.24. The molecule has 2 aromatic rings. The average molecular weight is 294 g/mol. The first kappa shape index (κ1) is 14.4. The van der Waals surface area contributed by atoms with Crippen molar-refractivity contribution in [3.05, 3.63) is 36.7 Å². The van der Waals surface area contributed by atoms with Gasteiger partial charge in [-0.05, 0) is 12.1 Å². The molecular formula is C13H14N2O4S. The second-order valence-electron chi connectivity index (χ2n) is 4.32. The molecule has 1 aromatic carbocycles. The monoisotopic (exact) mass is 294 g/mol. The number of hydrogen-bond acceptors (Lipinski definition) is 4. The number of carboxylic acids is 1. The standard InChI is InChI=1S/C13H14N2O4S/c1-15(8-6-13(16)17)20(18,19)12-4-2-3-10-9-14-7-5-11(10)12/h2-5,7,9H,6,8H2,1H3,(H,16,17). The van der Waals surface area contributed by atoms with Crippen molar-refractivity contribution in [3.8, 4) is 0 Å². The number of fused-ring (bicyclic) bond motifs is 1. The Labute approximate surface area is 116 Å². The molecule has 1 heterocycles. The van der Waals surface area contributed by atoms with Crippen LogP contribution in [0, 0.1) is 0 Å². The molecule has 0 atom stereocenters. The van der Waals surface area contributed by atoms with Crippen molar-refractivity contribution in [1.82, 2.24) is 9.29 Å². The summed E-state index contributed by atoms with van der Waals surface area (Å²) in [6.07, 6.45) is 2.88. The van der Waals surface area contributed by atoms with E-state index in [4.69, 9.17) is 5.11 Å². The molecule has 1 aromatic heterocycles. The van der Waals surface area contributed by atoms with Gasteiger partial charge in [0.2, 0.25) is 10.0 Å². The number of aromatic nitrogens is 1. The van der Waals surface area contributed by atoms with Crippen LogP contribution in [0.2, 0.25) is 0 Å². The number of rotatable bonds is 5. The Balaban J connectivity index is 2.44. The van der Waals surface area contributed by atoms with Crippen LogP contribution < -0.4 is 0 Å². The van der Waals surface area contributed by atoms with Crippen molar-refractivity contribution in [2.75, 3.05) is 13.6 Å². The third-order valence-corrected chi connectivity index (χ3v) is 4.88. The SMILES string of the molecule is CN(CCC(=O)O)S(=O)(=O)c1cccc2cnccc12. The molecule has 0 saturated carbocycles. The molecule has 0 radical (unpaired) electrons. The summed E-state index contributed by atoms with van der Waals surface area (Å²) >= 11 is 0. The van der Waals surface area contributed by atoms with Gasteiger partial charge < -0.3 is 5.11 Å². The summed E-state index contributed by atoms with van der Waals surface area (Å²) in [7, 11) is -2.35. The van der Waals surface area contributed by atoms with E-state index in [-0.39, 0.29) is 17.9 Å². The van der Waals surface area contributed by atoms with Crippen molar-refractivity contribution in [2.24, 2.45) is 0 Å². The molecule has 7 heteroatoms. The zero-order valence-corrected chi connectivity index (χ0v) is 11.7. The molecule has 0 aliphatic rings. The fourth-order valence-electron chi connectivity index (χ4n) is 1.86. The maximum absolute atomic E-state index is 12.5. The number of carbonyl (C=O) groups is 1. The second-order valence-corrected chi connectivity index (χ2v) is 6.34. The molecule has 0 aliphatic heterocycles. The summed E-state index contributed by atoms with van der Waals surface area (Å²) in [5.74, 6) is -1.03. The summed E-state index contributed by atoms with van der Waals surface area (Å²) in [6, 6.07) is 6.56. The van der Waals surface area contributed by atoms with Crippen molar-refractivity contribution < 1.29 is 18.3 Å². The molecule has 0 aliphatic carbocycles. The predicted molar refractivity (Wildman–Crippen MR) is 73.8 cm³/mol. The molecule has 0 amide bonds. The van der Waals surface area contributed by atoms with Crippen molar-refractivity contribution in [1.29, 1.82) is 0 Å². The quantitative estimate of drug-likeness (QED) is 0.898. The van der Waals surface area contributed by atoms with Gasteiger partial charge in [0.1, 0.15) is 0 Å². The van der Waals surface area contributed by atoms with Gasteiger partial charge in [-0.25, -0.2) is 12.7 Å². The van der Waals surface area contributed by atoms with Gasteiger partial charge in [-0.3, -0.25) is 9.78 Å². The van der Waals surface area contributed by atoms with Crippen LogP contribution in [0.4, 0.5) is 0 Å². The van der Waals surface area contributed by atoms with Gasteiger partial charge >= 0.3 is 5.97 Å². The smallest absolute Gasteiger partial charge is 0.304 e. The number of pyridine rings is 1. The van der Waals surface area contributed by atoms with E-state index in [9.17, 15) is 13.2 Å². The van der Waals surface area contributed by atoms with Gasteiger partial charge in [0.15, 0.2) is 0 Å². The molecule has 6 nitrogen and oxygen atoms in total. The molecule has 20 heavy (non-hydrogen) atoms. The normalized spacial score (nSPS) is 11.9. The van der Waals surface area contributed by atoms with Gasteiger partial charge in [-0.2, -0.15) is 0 Å². The van der Waals surface area contributed by atoms with E-state index in [1.807, 2.05) is 0 Å². The van der Waals surface area contributed by atoms with E-state index in [0.717, 1.165) is 9.69 Å². The Hall–Kier alpha value is -1.99. The highest BCUT2D eigenvalue weighted by Gasteiger charge is 2.23. The van der Waals surface area contributed by atoms with Crippen molar-refractivity contribution in [2.45, 2.75) is 11.3 Å². The number of sulfonamides is 1. The molecule has 1 N–H and O–H groups in total. The summed E-state index contributed by atoms with van der Waals surface area (Å²) < 4.78 is 26.0. The van der Waals surface area contributed by atoms with Crippen LogP contribution in [0.25, 0.3) is 10.8 Å². The van der Waals surface area contributed by atoms with Crippen molar-refractivity contribution >= 4 is 26.8 Å². The van der Waals surface area contributed by atoms with Gasteiger partial charge in [0, 0.05) is 36.8 Å². The number of hydrogen-bond donors (Lipinski definition) is 1. The first-order chi connectivity index (χ1) is 9.43. The molecular weight excluding hydrogens is 280 g/mol. The lowest BCUT2D eigenvalue weighted by atomic mass is 10.2. The molecule has 106 valence electrons. The molecule has 2 rings (SSSR count). The van der Waals surface area contributed by atoms with Crippen LogP contribution in [0.5, 0.6) is 0 Å². The minimum atomic E-state index is -3.72. The van der Waals surface area contributed by atoms with Crippen LogP contribution in [0.1, 0.15) is 6.42 Å². The fraction of sp³-hybridized carbons (Fsp3) is 0.231. The Morgan fingerprint density at radius 2 is 2.10 bits per heavy atom. The Kier molecular flexibility index (Phi) is 4.01. The molecule has 0 bridgehead atoms. The van der Waals surface area contributed by atoms with E-state index >= 15 is 0 Å². The summed E-state index contributed by atoms with van der Waals surface area (Å²) in [5, 5.41) is 9.94. The van der Waals surface area contributed by atoms with Gasteiger partial charge in [0.25, 0.3) is 0 Å². The highest BCUT2D eigenvalue weighted by atomic mass is 32.2. The van der Waals surface area contributed by atoms with Crippen molar-refractivity contribution in [3.63, 3.8) is 0 Å². The van der Waals surface area contributed by atoms with E-state index in [1.54, 1.807) is 24.4 Å². The zero-order chi connectivity index (χ0) is 14.8. The average Bonchev–Trinajstić information content (AvgIpc) is 2.43. The summed E-state index contributed by atoms with van der Waals surface area (Å²) in [4.78, 5) is 14.7. The third-order valence-electron chi connectivity index (χ3n) is 2.97. The predicted octanol–water partition coefficient (Wildman–Crippen LogP) is 1.33. The van der Waals surface area contributed by atoms with E-state index in [2.05, 4.69) is 4.98 Å². The summed E-state index contributed by atoms with van der Waals surface area (Å²) in [6.45, 7) is -0.0703. The summed E-state index contributed by atoms with van der Waals surface area (Å²) in [5.41, 5.74) is 0. The van der Waals surface area contributed by atoms with E-state index in [0.29, 0.717) is 5.39 Å². The van der Waals surface area contributed by atoms with Crippen LogP contribution in [0.15, 0.2) is 41.6 Å². The minimum absolute atomic E-state index is 0.0703. The first-order valence-corrected chi connectivity index (χ1v) is 7.38. The van der Waals surface area contributed by atoms with Gasteiger partial charge in [-0.15, -0.1) is 0 Å². The van der Waals surface area contributed by atoms with Crippen LogP contribution >= 0.6 is 0 Å². The zero-order valence-electron chi connectivity index (χ0n) is 10.9. The molecule has 0 spiro atoms. The minimum Gasteiger partial charge on any atom is -0.481 e. The fourth-order valence-corrected chi connectivity index (χ4v) is 3.24. The Bertz CT molecular complexity index is 738. The van der Waals surface area contributed by atoms with Gasteiger partial charge in [0.05, 0.1) is 11.3 Å². The highest BCUT2D eigenvalue weighted by molar-refractivity contribution is 7.89. The first-order valence-electron chi connectivity index (χ1n) is 5.94. The molecule has 0 saturated heterocycles. The van der Waals surface area contributed by atoms with Crippen LogP contribution in [0.3, 0.4) is 0 Å². The molecule has 0 fully saturated rings. The maximum atomic E-state index is 12.5. The van der Waals surface area contributed by atoms with Crippen LogP contribution in [-0.2, 0) is 14.8 Å². The number of benzene rings is 1. The van der Waals surface area contributed by atoms with Gasteiger partial charge in [-0.1, -0.05) is 12.1 Å². The second kappa shape index (κ2) is 5.56. The number of aliphatic carboxylic acids is 1.